The first-order valence-electron chi connectivity index (χ1n) is 7.51. The third kappa shape index (κ3) is 4.46. The van der Waals surface area contributed by atoms with Gasteiger partial charge in [-0.1, -0.05) is 24.3 Å². The zero-order valence-electron chi connectivity index (χ0n) is 14.0. The number of nitrogens with zero attached hydrogens (tertiary/aromatic N) is 2. The molecule has 2 rings (SSSR count). The van der Waals surface area contributed by atoms with Gasteiger partial charge in [0.15, 0.2) is 10.2 Å². The Morgan fingerprint density at radius 2 is 1.84 bits per heavy atom. The fraction of sp³-hybridized carbons (Fsp3) is 0.188. The number of benzene rings is 1. The lowest BCUT2D eigenvalue weighted by Gasteiger charge is -2.12. The minimum absolute atomic E-state index is 0.192. The summed E-state index contributed by atoms with van der Waals surface area (Å²) < 4.78 is 3.34. The molecule has 4 N–H and O–H groups in total. The summed E-state index contributed by atoms with van der Waals surface area (Å²) in [6, 6.07) is 9.39. The smallest absolute Gasteiger partial charge is 0.295 e. The molecule has 1 aromatic carbocycles. The first kappa shape index (κ1) is 18.7. The summed E-state index contributed by atoms with van der Waals surface area (Å²) in [6.45, 7) is 5.97. The molecular formula is C16H20N6OS2. The molecule has 0 bridgehead atoms. The van der Waals surface area contributed by atoms with Gasteiger partial charge in [-0.3, -0.25) is 20.3 Å². The molecule has 0 radical (unpaired) electrons. The molecule has 1 heterocycles. The number of hydrazine groups is 1. The van der Waals surface area contributed by atoms with Crippen molar-refractivity contribution in [3.63, 3.8) is 0 Å². The van der Waals surface area contributed by atoms with Gasteiger partial charge in [0.05, 0.1) is 11.4 Å². The van der Waals surface area contributed by atoms with E-state index in [1.54, 1.807) is 15.4 Å². The zero-order valence-corrected chi connectivity index (χ0v) is 15.6. The SMILES string of the molecule is C=CCNC(=S)NNC(=S)Nc1c(C)n(C)n(-c2ccccc2)c1=O. The molecule has 9 heteroatoms. The third-order valence-corrected chi connectivity index (χ3v) is 3.94. The Kier molecular flexibility index (Phi) is 6.31. The van der Waals surface area contributed by atoms with Crippen LogP contribution in [0.1, 0.15) is 5.69 Å². The van der Waals surface area contributed by atoms with Crippen molar-refractivity contribution < 1.29 is 0 Å². The monoisotopic (exact) mass is 376 g/mol. The molecule has 0 fully saturated rings. The van der Waals surface area contributed by atoms with Crippen LogP contribution in [0.2, 0.25) is 0 Å². The van der Waals surface area contributed by atoms with E-state index in [0.29, 0.717) is 17.3 Å². The summed E-state index contributed by atoms with van der Waals surface area (Å²) in [6.07, 6.45) is 1.68. The molecule has 0 atom stereocenters. The Morgan fingerprint density at radius 3 is 2.48 bits per heavy atom. The van der Waals surface area contributed by atoms with E-state index in [-0.39, 0.29) is 10.7 Å². The Bertz CT molecular complexity index is 840. The molecule has 0 saturated carbocycles. The maximum Gasteiger partial charge on any atom is 0.295 e. The van der Waals surface area contributed by atoms with Gasteiger partial charge in [0.1, 0.15) is 5.69 Å². The topological polar surface area (TPSA) is 75.0 Å². The standard InChI is InChI=1S/C16H20N6OS2/c1-4-10-17-15(24)19-20-16(25)18-13-11(2)21(3)22(14(13)23)12-8-6-5-7-9-12/h4-9H,1,10H2,2-3H3,(H2,17,19,24)(H2,18,20,25). The Balaban J connectivity index is 2.13. The normalized spacial score (nSPS) is 10.0. The Morgan fingerprint density at radius 1 is 1.20 bits per heavy atom. The zero-order chi connectivity index (χ0) is 18.4. The maximum atomic E-state index is 12.7. The van der Waals surface area contributed by atoms with E-state index in [1.807, 2.05) is 44.3 Å². The minimum atomic E-state index is -0.192. The van der Waals surface area contributed by atoms with Gasteiger partial charge in [-0.2, -0.15) is 0 Å². The van der Waals surface area contributed by atoms with Crippen LogP contribution >= 0.6 is 24.4 Å². The molecule has 0 amide bonds. The van der Waals surface area contributed by atoms with Crippen LogP contribution in [0.5, 0.6) is 0 Å². The summed E-state index contributed by atoms with van der Waals surface area (Å²) in [5, 5.41) is 6.41. The second-order valence-corrected chi connectivity index (χ2v) is 5.96. The van der Waals surface area contributed by atoms with E-state index < -0.39 is 0 Å². The van der Waals surface area contributed by atoms with Crippen LogP contribution in [0.3, 0.4) is 0 Å². The lowest BCUT2D eigenvalue weighted by molar-refractivity contribution is 0.630. The van der Waals surface area contributed by atoms with Gasteiger partial charge in [0.25, 0.3) is 5.56 Å². The molecule has 0 aliphatic rings. The molecule has 2 aromatic rings. The predicted molar refractivity (Wildman–Crippen MR) is 109 cm³/mol. The van der Waals surface area contributed by atoms with Gasteiger partial charge in [0.2, 0.25) is 0 Å². The van der Waals surface area contributed by atoms with E-state index in [9.17, 15) is 4.79 Å². The molecule has 7 nitrogen and oxygen atoms in total. The average Bonchev–Trinajstić information content (AvgIpc) is 2.82. The largest absolute Gasteiger partial charge is 0.358 e. The van der Waals surface area contributed by atoms with Crippen molar-refractivity contribution in [1.29, 1.82) is 0 Å². The number of rotatable bonds is 4. The molecule has 1 aromatic heterocycles. The summed E-state index contributed by atoms with van der Waals surface area (Å²) in [5.41, 5.74) is 7.21. The highest BCUT2D eigenvalue weighted by atomic mass is 32.1. The van der Waals surface area contributed by atoms with Gasteiger partial charge in [0, 0.05) is 13.6 Å². The minimum Gasteiger partial charge on any atom is -0.358 e. The third-order valence-electron chi connectivity index (χ3n) is 3.49. The number of para-hydroxylation sites is 1. The van der Waals surface area contributed by atoms with E-state index in [1.165, 1.54) is 0 Å². The van der Waals surface area contributed by atoms with E-state index in [0.717, 1.165) is 11.4 Å². The van der Waals surface area contributed by atoms with Crippen molar-refractivity contribution in [2.75, 3.05) is 11.9 Å². The predicted octanol–water partition coefficient (Wildman–Crippen LogP) is 1.34. The first-order valence-corrected chi connectivity index (χ1v) is 8.33. The van der Waals surface area contributed by atoms with Crippen molar-refractivity contribution in [2.24, 2.45) is 7.05 Å². The van der Waals surface area contributed by atoms with Crippen LogP contribution in [0.4, 0.5) is 5.69 Å². The summed E-state index contributed by atoms with van der Waals surface area (Å²) in [7, 11) is 1.82. The molecule has 0 spiro atoms. The number of nitrogens with one attached hydrogen (secondary N) is 4. The fourth-order valence-electron chi connectivity index (χ4n) is 2.18. The van der Waals surface area contributed by atoms with Crippen molar-refractivity contribution in [1.82, 2.24) is 25.5 Å². The van der Waals surface area contributed by atoms with Crippen LogP contribution in [0.15, 0.2) is 47.8 Å². The van der Waals surface area contributed by atoms with Crippen LogP contribution in [-0.4, -0.2) is 26.1 Å². The molecule has 25 heavy (non-hydrogen) atoms. The average molecular weight is 377 g/mol. The maximum absolute atomic E-state index is 12.7. The fourth-order valence-corrected chi connectivity index (χ4v) is 2.47. The molecule has 0 aliphatic carbocycles. The van der Waals surface area contributed by atoms with Gasteiger partial charge < -0.3 is 10.6 Å². The van der Waals surface area contributed by atoms with Crippen LogP contribution in [0.25, 0.3) is 5.69 Å². The number of thiocarbonyl (C=S) groups is 2. The van der Waals surface area contributed by atoms with Gasteiger partial charge >= 0.3 is 0 Å². The lowest BCUT2D eigenvalue weighted by Crippen LogP contribution is -2.48. The van der Waals surface area contributed by atoms with Gasteiger partial charge in [-0.15, -0.1) is 6.58 Å². The van der Waals surface area contributed by atoms with E-state index >= 15 is 0 Å². The highest BCUT2D eigenvalue weighted by Gasteiger charge is 2.16. The van der Waals surface area contributed by atoms with E-state index in [4.69, 9.17) is 24.4 Å². The van der Waals surface area contributed by atoms with Gasteiger partial charge in [-0.05, 0) is 43.5 Å². The summed E-state index contributed by atoms with van der Waals surface area (Å²) in [4.78, 5) is 12.7. The molecule has 132 valence electrons. The quantitative estimate of drug-likeness (QED) is 0.364. The molecule has 0 unspecified atom stereocenters. The summed E-state index contributed by atoms with van der Waals surface area (Å²) in [5.74, 6) is 0. The highest BCUT2D eigenvalue weighted by molar-refractivity contribution is 7.80. The van der Waals surface area contributed by atoms with Crippen LogP contribution < -0.4 is 27.0 Å². The lowest BCUT2D eigenvalue weighted by atomic mass is 10.3. The molecular weight excluding hydrogens is 356 g/mol. The first-order chi connectivity index (χ1) is 12.0. The highest BCUT2D eigenvalue weighted by Crippen LogP contribution is 2.13. The van der Waals surface area contributed by atoms with Gasteiger partial charge in [-0.25, -0.2) is 4.68 Å². The van der Waals surface area contributed by atoms with Crippen LogP contribution in [0, 0.1) is 6.92 Å². The number of hydrogen-bond acceptors (Lipinski definition) is 3. The summed E-state index contributed by atoms with van der Waals surface area (Å²) >= 11 is 10.3. The second kappa shape index (κ2) is 8.45. The number of anilines is 1. The van der Waals surface area contributed by atoms with E-state index in [2.05, 4.69) is 28.1 Å². The van der Waals surface area contributed by atoms with Crippen molar-refractivity contribution in [2.45, 2.75) is 6.92 Å². The van der Waals surface area contributed by atoms with Crippen molar-refractivity contribution in [3.05, 3.63) is 59.0 Å². The second-order valence-electron chi connectivity index (χ2n) is 5.14. The Labute approximate surface area is 156 Å². The molecule has 0 aliphatic heterocycles. The van der Waals surface area contributed by atoms with Crippen LogP contribution in [-0.2, 0) is 7.05 Å². The number of hydrogen-bond donors (Lipinski definition) is 4. The van der Waals surface area contributed by atoms with Crippen molar-refractivity contribution >= 4 is 40.3 Å². The number of aromatic nitrogens is 2. The van der Waals surface area contributed by atoms with Crippen molar-refractivity contribution in [3.8, 4) is 5.69 Å². The molecule has 0 saturated heterocycles. The Hall–Kier alpha value is -2.65.